The predicted molar refractivity (Wildman–Crippen MR) is 84.2 cm³/mol. The van der Waals surface area contributed by atoms with Crippen molar-refractivity contribution in [3.05, 3.63) is 47.5 Å². The van der Waals surface area contributed by atoms with Crippen molar-refractivity contribution >= 4 is 12.1 Å². The van der Waals surface area contributed by atoms with Crippen molar-refractivity contribution in [1.29, 1.82) is 0 Å². The molecule has 0 spiro atoms. The summed E-state index contributed by atoms with van der Waals surface area (Å²) in [6.45, 7) is 6.01. The fourth-order valence-electron chi connectivity index (χ4n) is 1.72. The first-order valence-corrected chi connectivity index (χ1v) is 7.30. The van der Waals surface area contributed by atoms with E-state index in [2.05, 4.69) is 5.32 Å². The van der Waals surface area contributed by atoms with Gasteiger partial charge in [-0.15, -0.1) is 0 Å². The van der Waals surface area contributed by atoms with Gasteiger partial charge in [-0.05, 0) is 32.8 Å². The molecule has 0 heterocycles. The van der Waals surface area contributed by atoms with Crippen molar-refractivity contribution in [2.45, 2.75) is 39.8 Å². The second-order valence-electron chi connectivity index (χ2n) is 5.03. The van der Waals surface area contributed by atoms with Crippen LogP contribution in [0.15, 0.2) is 42.0 Å². The van der Waals surface area contributed by atoms with Crippen LogP contribution in [0.4, 0.5) is 4.79 Å². The van der Waals surface area contributed by atoms with E-state index < -0.39 is 18.1 Å². The van der Waals surface area contributed by atoms with Crippen LogP contribution in [0.25, 0.3) is 0 Å². The number of hydrogen-bond acceptors (Lipinski definition) is 4. The lowest BCUT2D eigenvalue weighted by Crippen LogP contribution is -2.41. The Bertz CT molecular complexity index is 507. The monoisotopic (exact) mass is 305 g/mol. The summed E-state index contributed by atoms with van der Waals surface area (Å²) in [7, 11) is 0. The lowest BCUT2D eigenvalue weighted by Gasteiger charge is -2.16. The van der Waals surface area contributed by atoms with E-state index in [1.807, 2.05) is 50.3 Å². The van der Waals surface area contributed by atoms with Crippen LogP contribution in [0.3, 0.4) is 0 Å². The zero-order chi connectivity index (χ0) is 16.4. The van der Waals surface area contributed by atoms with E-state index in [1.54, 1.807) is 6.92 Å². The molecule has 0 aromatic heterocycles. The van der Waals surface area contributed by atoms with Gasteiger partial charge in [-0.1, -0.05) is 42.0 Å². The third-order valence-electron chi connectivity index (χ3n) is 2.84. The molecule has 120 valence electrons. The molecular weight excluding hydrogens is 282 g/mol. The number of alkyl carbamates (subject to hydrolysis) is 1. The quantitative estimate of drug-likeness (QED) is 0.620. The van der Waals surface area contributed by atoms with Crippen LogP contribution in [0, 0.1) is 0 Å². The zero-order valence-corrected chi connectivity index (χ0v) is 13.3. The van der Waals surface area contributed by atoms with Gasteiger partial charge in [0.1, 0.15) is 12.6 Å². The van der Waals surface area contributed by atoms with Gasteiger partial charge in [-0.2, -0.15) is 0 Å². The molecule has 0 aliphatic heterocycles. The van der Waals surface area contributed by atoms with Gasteiger partial charge in [-0.3, -0.25) is 0 Å². The Morgan fingerprint density at radius 2 is 1.86 bits per heavy atom. The SMILES string of the molecule is CCOC(=O)C(CC=C(C)C)NC(=O)OCc1ccccc1. The normalized spacial score (nSPS) is 11.2. The fourth-order valence-corrected chi connectivity index (χ4v) is 1.72. The topological polar surface area (TPSA) is 64.6 Å². The molecule has 0 radical (unpaired) electrons. The molecule has 0 bridgehead atoms. The van der Waals surface area contributed by atoms with Crippen molar-refractivity contribution < 1.29 is 19.1 Å². The van der Waals surface area contributed by atoms with Gasteiger partial charge in [0.2, 0.25) is 0 Å². The van der Waals surface area contributed by atoms with Gasteiger partial charge < -0.3 is 14.8 Å². The first-order chi connectivity index (χ1) is 10.5. The summed E-state index contributed by atoms with van der Waals surface area (Å²) in [5.74, 6) is -0.461. The standard InChI is InChI=1S/C17H23NO4/c1-4-21-16(19)15(11-10-13(2)3)18-17(20)22-12-14-8-6-5-7-9-14/h5-10,15H,4,11-12H2,1-3H3,(H,18,20). The average molecular weight is 305 g/mol. The lowest BCUT2D eigenvalue weighted by molar-refractivity contribution is -0.145. The Morgan fingerprint density at radius 1 is 1.18 bits per heavy atom. The number of nitrogens with one attached hydrogen (secondary N) is 1. The van der Waals surface area contributed by atoms with Crippen LogP contribution in [-0.2, 0) is 20.9 Å². The Balaban J connectivity index is 2.54. The maximum absolute atomic E-state index is 11.8. The summed E-state index contributed by atoms with van der Waals surface area (Å²) < 4.78 is 10.1. The van der Waals surface area contributed by atoms with Crippen molar-refractivity contribution in [3.8, 4) is 0 Å². The van der Waals surface area contributed by atoms with Crippen LogP contribution < -0.4 is 5.32 Å². The number of amides is 1. The maximum Gasteiger partial charge on any atom is 0.408 e. The molecule has 1 N–H and O–H groups in total. The number of esters is 1. The molecule has 1 aromatic rings. The molecule has 5 heteroatoms. The molecule has 0 fully saturated rings. The minimum Gasteiger partial charge on any atom is -0.464 e. The molecule has 5 nitrogen and oxygen atoms in total. The molecule has 0 saturated heterocycles. The summed E-state index contributed by atoms with van der Waals surface area (Å²) in [6, 6.07) is 8.61. The van der Waals surface area contributed by atoms with Gasteiger partial charge >= 0.3 is 12.1 Å². The molecule has 1 rings (SSSR count). The summed E-state index contributed by atoms with van der Waals surface area (Å²) in [4.78, 5) is 23.7. The lowest BCUT2D eigenvalue weighted by atomic mass is 10.1. The predicted octanol–water partition coefficient (Wildman–Crippen LogP) is 3.20. The smallest absolute Gasteiger partial charge is 0.408 e. The number of carbonyl (C=O) groups excluding carboxylic acids is 2. The highest BCUT2D eigenvalue weighted by atomic mass is 16.6. The summed E-state index contributed by atoms with van der Waals surface area (Å²) in [6.07, 6.45) is 1.62. The third-order valence-corrected chi connectivity index (χ3v) is 2.84. The van der Waals surface area contributed by atoms with Gasteiger partial charge in [0.05, 0.1) is 6.61 Å². The zero-order valence-electron chi connectivity index (χ0n) is 13.3. The van der Waals surface area contributed by atoms with E-state index in [4.69, 9.17) is 9.47 Å². The third kappa shape index (κ3) is 6.92. The van der Waals surface area contributed by atoms with E-state index in [1.165, 1.54) is 0 Å². The van der Waals surface area contributed by atoms with E-state index in [9.17, 15) is 9.59 Å². The molecule has 0 saturated carbocycles. The Hall–Kier alpha value is -2.30. The van der Waals surface area contributed by atoms with E-state index in [0.717, 1.165) is 11.1 Å². The van der Waals surface area contributed by atoms with Crippen LogP contribution in [0.2, 0.25) is 0 Å². The van der Waals surface area contributed by atoms with Gasteiger partial charge in [0.15, 0.2) is 0 Å². The summed E-state index contributed by atoms with van der Waals surface area (Å²) in [5.41, 5.74) is 1.95. The molecule has 0 aliphatic rings. The highest BCUT2D eigenvalue weighted by Crippen LogP contribution is 2.04. The van der Waals surface area contributed by atoms with Crippen LogP contribution in [0.5, 0.6) is 0 Å². The molecule has 1 atom stereocenters. The first-order valence-electron chi connectivity index (χ1n) is 7.30. The Labute approximate surface area is 131 Å². The molecule has 22 heavy (non-hydrogen) atoms. The van der Waals surface area contributed by atoms with Crippen molar-refractivity contribution in [3.63, 3.8) is 0 Å². The van der Waals surface area contributed by atoms with E-state index in [-0.39, 0.29) is 13.2 Å². The van der Waals surface area contributed by atoms with E-state index >= 15 is 0 Å². The molecule has 1 unspecified atom stereocenters. The van der Waals surface area contributed by atoms with E-state index in [0.29, 0.717) is 6.42 Å². The van der Waals surface area contributed by atoms with Gasteiger partial charge in [-0.25, -0.2) is 9.59 Å². The second kappa shape index (κ2) is 9.60. The van der Waals surface area contributed by atoms with Gasteiger partial charge in [0.25, 0.3) is 0 Å². The first kappa shape index (κ1) is 17.8. The van der Waals surface area contributed by atoms with Crippen molar-refractivity contribution in [1.82, 2.24) is 5.32 Å². The van der Waals surface area contributed by atoms with Crippen molar-refractivity contribution in [2.24, 2.45) is 0 Å². The number of carbonyl (C=O) groups is 2. The minimum atomic E-state index is -0.738. The van der Waals surface area contributed by atoms with Crippen LogP contribution >= 0.6 is 0 Å². The van der Waals surface area contributed by atoms with Crippen LogP contribution in [-0.4, -0.2) is 24.7 Å². The summed E-state index contributed by atoms with van der Waals surface area (Å²) >= 11 is 0. The molecule has 1 aromatic carbocycles. The molecule has 1 amide bonds. The average Bonchev–Trinajstić information content (AvgIpc) is 2.50. The number of ether oxygens (including phenoxy) is 2. The van der Waals surface area contributed by atoms with Crippen LogP contribution in [0.1, 0.15) is 32.8 Å². The minimum absolute atomic E-state index is 0.158. The van der Waals surface area contributed by atoms with Crippen molar-refractivity contribution in [2.75, 3.05) is 6.61 Å². The number of rotatable bonds is 7. The molecular formula is C17H23NO4. The highest BCUT2D eigenvalue weighted by molar-refractivity contribution is 5.81. The fraction of sp³-hybridized carbons (Fsp3) is 0.412. The Morgan fingerprint density at radius 3 is 2.45 bits per heavy atom. The Kier molecular flexibility index (Phi) is 7.75. The maximum atomic E-state index is 11.8. The number of allylic oxidation sites excluding steroid dienone is 1. The highest BCUT2D eigenvalue weighted by Gasteiger charge is 2.21. The number of benzene rings is 1. The number of hydrogen-bond donors (Lipinski definition) is 1. The second-order valence-corrected chi connectivity index (χ2v) is 5.03. The largest absolute Gasteiger partial charge is 0.464 e. The summed E-state index contributed by atoms with van der Waals surface area (Å²) in [5, 5.41) is 2.55. The van der Waals surface area contributed by atoms with Gasteiger partial charge in [0, 0.05) is 0 Å². The molecule has 0 aliphatic carbocycles.